The number of carboxylic acids is 1. The van der Waals surface area contributed by atoms with E-state index < -0.39 is 17.9 Å². The van der Waals surface area contributed by atoms with Crippen LogP contribution in [0.1, 0.15) is 31.1 Å². The van der Waals surface area contributed by atoms with E-state index in [1.807, 2.05) is 24.3 Å². The van der Waals surface area contributed by atoms with Crippen molar-refractivity contribution in [2.24, 2.45) is 5.92 Å². The first-order valence-electron chi connectivity index (χ1n) is 7.42. The van der Waals surface area contributed by atoms with Gasteiger partial charge < -0.3 is 15.0 Å². The topological polar surface area (TPSA) is 88.4 Å². The van der Waals surface area contributed by atoms with Crippen LogP contribution < -0.4 is 5.32 Å². The highest BCUT2D eigenvalue weighted by molar-refractivity contribution is 6.07. The van der Waals surface area contributed by atoms with E-state index in [0.29, 0.717) is 5.56 Å². The zero-order valence-electron chi connectivity index (χ0n) is 13.4. The molecule has 2 N–H and O–H groups in total. The highest BCUT2D eigenvalue weighted by Crippen LogP contribution is 2.21. The number of fused-ring (bicyclic) bond motifs is 1. The van der Waals surface area contributed by atoms with Gasteiger partial charge in [0.25, 0.3) is 0 Å². The van der Waals surface area contributed by atoms with Gasteiger partial charge in [-0.15, -0.1) is 0 Å². The lowest BCUT2D eigenvalue weighted by atomic mass is 10.1. The van der Waals surface area contributed by atoms with Gasteiger partial charge in [0.05, 0.1) is 0 Å². The Balaban J connectivity index is 2.26. The van der Waals surface area contributed by atoms with Crippen molar-refractivity contribution in [3.63, 3.8) is 0 Å². The van der Waals surface area contributed by atoms with Gasteiger partial charge in [-0.3, -0.25) is 9.59 Å². The minimum atomic E-state index is -1.06. The number of hydrogen-bond donors (Lipinski definition) is 2. The molecule has 0 radical (unpaired) electrons. The summed E-state index contributed by atoms with van der Waals surface area (Å²) < 4.78 is 1.67. The number of ketones is 1. The van der Waals surface area contributed by atoms with Crippen LogP contribution in [0.2, 0.25) is 0 Å². The first-order chi connectivity index (χ1) is 10.8. The summed E-state index contributed by atoms with van der Waals surface area (Å²) >= 11 is 0. The molecule has 1 unspecified atom stereocenters. The number of amides is 1. The van der Waals surface area contributed by atoms with Gasteiger partial charge in [0.1, 0.15) is 12.6 Å². The van der Waals surface area contributed by atoms with Crippen molar-refractivity contribution in [2.45, 2.75) is 33.4 Å². The van der Waals surface area contributed by atoms with Crippen LogP contribution >= 0.6 is 0 Å². The first kappa shape index (κ1) is 16.7. The van der Waals surface area contributed by atoms with Crippen LogP contribution in [-0.4, -0.2) is 33.4 Å². The minimum Gasteiger partial charge on any atom is -0.480 e. The van der Waals surface area contributed by atoms with Crippen LogP contribution in [0.15, 0.2) is 30.5 Å². The Labute approximate surface area is 134 Å². The lowest BCUT2D eigenvalue weighted by Gasteiger charge is -2.18. The number of rotatable bonds is 6. The number of aliphatic carboxylic acids is 1. The molecule has 1 aromatic carbocycles. The molecular formula is C17H20N2O4. The molecule has 23 heavy (non-hydrogen) atoms. The Morgan fingerprint density at radius 1 is 1.22 bits per heavy atom. The standard InChI is InChI=1S/C17H20N2O4/c1-10(2)16(17(22)23)18-15(21)9-19-8-13(11(3)20)12-6-4-5-7-14(12)19/h4-8,10,16H,9H2,1-3H3,(H,18,21)(H,22,23). The number of benzene rings is 1. The van der Waals surface area contributed by atoms with Gasteiger partial charge >= 0.3 is 5.97 Å². The summed E-state index contributed by atoms with van der Waals surface area (Å²) in [5.74, 6) is -1.76. The Bertz CT molecular complexity index is 761. The average molecular weight is 316 g/mol. The number of Topliss-reactive ketones (excluding diaryl/α,β-unsaturated/α-hetero) is 1. The normalized spacial score (nSPS) is 12.3. The first-order valence-corrected chi connectivity index (χ1v) is 7.42. The Morgan fingerprint density at radius 2 is 1.87 bits per heavy atom. The molecule has 0 saturated heterocycles. The lowest BCUT2D eigenvalue weighted by Crippen LogP contribution is -2.45. The largest absolute Gasteiger partial charge is 0.480 e. The third-order valence-corrected chi connectivity index (χ3v) is 3.73. The SMILES string of the molecule is CC(=O)c1cn(CC(=O)NC(C(=O)O)C(C)C)c2ccccc12. The number of nitrogens with one attached hydrogen (secondary N) is 1. The molecular weight excluding hydrogens is 296 g/mol. The van der Waals surface area contributed by atoms with E-state index in [9.17, 15) is 14.4 Å². The molecule has 0 bridgehead atoms. The second-order valence-electron chi connectivity index (χ2n) is 5.87. The minimum absolute atomic E-state index is 0.0374. The predicted octanol–water partition coefficient (Wildman–Crippen LogP) is 2.07. The van der Waals surface area contributed by atoms with Gasteiger partial charge in [0.15, 0.2) is 5.78 Å². The number of hydrogen-bond acceptors (Lipinski definition) is 3. The van der Waals surface area contributed by atoms with E-state index in [1.165, 1.54) is 6.92 Å². The molecule has 1 amide bonds. The Hall–Kier alpha value is -2.63. The van der Waals surface area contributed by atoms with Crippen molar-refractivity contribution >= 4 is 28.6 Å². The number of carbonyl (C=O) groups excluding carboxylic acids is 2. The molecule has 0 aliphatic rings. The van der Waals surface area contributed by atoms with E-state index in [1.54, 1.807) is 24.6 Å². The lowest BCUT2D eigenvalue weighted by molar-refractivity contribution is -0.143. The Morgan fingerprint density at radius 3 is 2.43 bits per heavy atom. The summed E-state index contributed by atoms with van der Waals surface area (Å²) in [5, 5.41) is 12.4. The van der Waals surface area contributed by atoms with Gasteiger partial charge in [0, 0.05) is 22.7 Å². The monoisotopic (exact) mass is 316 g/mol. The smallest absolute Gasteiger partial charge is 0.326 e. The van der Waals surface area contributed by atoms with Crippen molar-refractivity contribution in [1.29, 1.82) is 0 Å². The van der Waals surface area contributed by atoms with E-state index in [0.717, 1.165) is 10.9 Å². The molecule has 1 heterocycles. The number of para-hydroxylation sites is 1. The second-order valence-corrected chi connectivity index (χ2v) is 5.87. The molecule has 122 valence electrons. The zero-order valence-corrected chi connectivity index (χ0v) is 13.4. The second kappa shape index (κ2) is 6.64. The number of aromatic nitrogens is 1. The average Bonchev–Trinajstić information content (AvgIpc) is 2.83. The van der Waals surface area contributed by atoms with Crippen LogP contribution in [-0.2, 0) is 16.1 Å². The molecule has 2 rings (SSSR count). The van der Waals surface area contributed by atoms with Gasteiger partial charge in [-0.05, 0) is 18.9 Å². The highest BCUT2D eigenvalue weighted by atomic mass is 16.4. The summed E-state index contributed by atoms with van der Waals surface area (Å²) in [7, 11) is 0. The maximum absolute atomic E-state index is 12.2. The maximum Gasteiger partial charge on any atom is 0.326 e. The third-order valence-electron chi connectivity index (χ3n) is 3.73. The van der Waals surface area contributed by atoms with Crippen LogP contribution in [0.3, 0.4) is 0 Å². The fourth-order valence-corrected chi connectivity index (χ4v) is 2.55. The molecule has 0 aliphatic heterocycles. The van der Waals surface area contributed by atoms with E-state index in [-0.39, 0.29) is 18.2 Å². The zero-order chi connectivity index (χ0) is 17.1. The fourth-order valence-electron chi connectivity index (χ4n) is 2.55. The summed E-state index contributed by atoms with van der Waals surface area (Å²) in [5.41, 5.74) is 1.32. The highest BCUT2D eigenvalue weighted by Gasteiger charge is 2.23. The third kappa shape index (κ3) is 3.59. The molecule has 2 aromatic rings. The summed E-state index contributed by atoms with van der Waals surface area (Å²) in [6.45, 7) is 4.91. The number of carbonyl (C=O) groups is 3. The van der Waals surface area contributed by atoms with Crippen molar-refractivity contribution in [3.8, 4) is 0 Å². The molecule has 1 atom stereocenters. The van der Waals surface area contributed by atoms with Crippen molar-refractivity contribution in [2.75, 3.05) is 0 Å². The quantitative estimate of drug-likeness (QED) is 0.799. The molecule has 6 nitrogen and oxygen atoms in total. The van der Waals surface area contributed by atoms with E-state index in [4.69, 9.17) is 5.11 Å². The van der Waals surface area contributed by atoms with Gasteiger partial charge in [0.2, 0.25) is 5.91 Å². The van der Waals surface area contributed by atoms with Crippen LogP contribution in [0, 0.1) is 5.92 Å². The summed E-state index contributed by atoms with van der Waals surface area (Å²) in [6, 6.07) is 6.38. The molecule has 0 spiro atoms. The van der Waals surface area contributed by atoms with Crippen molar-refractivity contribution < 1.29 is 19.5 Å². The number of nitrogens with zero attached hydrogens (tertiary/aromatic N) is 1. The van der Waals surface area contributed by atoms with E-state index in [2.05, 4.69) is 5.32 Å². The predicted molar refractivity (Wildman–Crippen MR) is 86.3 cm³/mol. The molecule has 1 aromatic heterocycles. The Kier molecular flexibility index (Phi) is 4.83. The van der Waals surface area contributed by atoms with Crippen LogP contribution in [0.4, 0.5) is 0 Å². The van der Waals surface area contributed by atoms with E-state index >= 15 is 0 Å². The molecule has 6 heteroatoms. The summed E-state index contributed by atoms with van der Waals surface area (Å²) in [6.07, 6.45) is 1.64. The maximum atomic E-state index is 12.2. The summed E-state index contributed by atoms with van der Waals surface area (Å²) in [4.78, 5) is 35.1. The molecule has 0 aliphatic carbocycles. The fraction of sp³-hybridized carbons (Fsp3) is 0.353. The molecule has 0 saturated carbocycles. The van der Waals surface area contributed by atoms with Crippen molar-refractivity contribution in [1.82, 2.24) is 9.88 Å². The van der Waals surface area contributed by atoms with Gasteiger partial charge in [-0.25, -0.2) is 4.79 Å². The molecule has 0 fully saturated rings. The number of carboxylic acid groups (broad SMARTS) is 1. The van der Waals surface area contributed by atoms with Crippen molar-refractivity contribution in [3.05, 3.63) is 36.0 Å². The van der Waals surface area contributed by atoms with Crippen LogP contribution in [0.25, 0.3) is 10.9 Å². The van der Waals surface area contributed by atoms with Crippen LogP contribution in [0.5, 0.6) is 0 Å². The van der Waals surface area contributed by atoms with Gasteiger partial charge in [-0.2, -0.15) is 0 Å². The van der Waals surface area contributed by atoms with Gasteiger partial charge in [-0.1, -0.05) is 32.0 Å².